The van der Waals surface area contributed by atoms with Gasteiger partial charge in [0.05, 0.1) is 6.61 Å². The summed E-state index contributed by atoms with van der Waals surface area (Å²) in [5.74, 6) is -0.287. The molecule has 0 atom stereocenters. The van der Waals surface area contributed by atoms with Gasteiger partial charge < -0.3 is 10.1 Å². The van der Waals surface area contributed by atoms with E-state index in [9.17, 15) is 4.79 Å². The first-order chi connectivity index (χ1) is 5.66. The molecule has 0 aromatic heterocycles. The van der Waals surface area contributed by atoms with Gasteiger partial charge in [-0.2, -0.15) is 0 Å². The largest absolute Gasteiger partial charge is 0.463 e. The smallest absolute Gasteiger partial charge is 0.332 e. The van der Waals surface area contributed by atoms with Gasteiger partial charge in [0.2, 0.25) is 0 Å². The summed E-state index contributed by atoms with van der Waals surface area (Å²) in [5.41, 5.74) is 0. The summed E-state index contributed by atoms with van der Waals surface area (Å²) in [6.07, 6.45) is 3.87. The van der Waals surface area contributed by atoms with Crippen molar-refractivity contribution in [2.24, 2.45) is 0 Å². The average Bonchev–Trinajstić information content (AvgIpc) is 2.00. The molecule has 0 aliphatic rings. The highest BCUT2D eigenvalue weighted by molar-refractivity contribution is 5.81. The third kappa shape index (κ3) is 7.12. The molecule has 3 heteroatoms. The van der Waals surface area contributed by atoms with Crippen molar-refractivity contribution in [1.29, 1.82) is 0 Å². The van der Waals surface area contributed by atoms with E-state index in [4.69, 9.17) is 4.74 Å². The molecule has 70 valence electrons. The van der Waals surface area contributed by atoms with Gasteiger partial charge in [-0.1, -0.05) is 6.92 Å². The highest BCUT2D eigenvalue weighted by atomic mass is 16.5. The zero-order valence-corrected chi connectivity index (χ0v) is 7.96. The third-order valence-corrected chi connectivity index (χ3v) is 1.10. The molecule has 0 radical (unpaired) electrons. The number of nitrogens with one attached hydrogen (secondary N) is 1. The highest BCUT2D eigenvalue weighted by Gasteiger charge is 1.93. The maximum Gasteiger partial charge on any atom is 0.332 e. The highest BCUT2D eigenvalue weighted by Crippen LogP contribution is 1.84. The molecule has 0 fully saturated rings. The van der Waals surface area contributed by atoms with Crippen LogP contribution in [-0.2, 0) is 9.53 Å². The van der Waals surface area contributed by atoms with E-state index in [1.807, 2.05) is 20.8 Å². The first-order valence-corrected chi connectivity index (χ1v) is 4.26. The Kier molecular flexibility index (Phi) is 6.15. The van der Waals surface area contributed by atoms with Crippen molar-refractivity contribution in [2.45, 2.75) is 33.2 Å². The number of hydrogen-bond donors (Lipinski definition) is 1. The molecule has 0 saturated heterocycles. The molecule has 12 heavy (non-hydrogen) atoms. The molecule has 0 aromatic rings. The van der Waals surface area contributed by atoms with Gasteiger partial charge in [-0.15, -0.1) is 0 Å². The van der Waals surface area contributed by atoms with Gasteiger partial charge in [-0.3, -0.25) is 0 Å². The molecule has 0 rings (SSSR count). The average molecular weight is 171 g/mol. The van der Waals surface area contributed by atoms with Crippen LogP contribution in [0.1, 0.15) is 27.2 Å². The second-order valence-corrected chi connectivity index (χ2v) is 2.82. The molecule has 0 saturated carbocycles. The molecule has 0 spiro atoms. The lowest BCUT2D eigenvalue weighted by atomic mass is 10.4. The molecule has 0 aliphatic carbocycles. The number of esters is 1. The summed E-state index contributed by atoms with van der Waals surface area (Å²) in [7, 11) is 0. The topological polar surface area (TPSA) is 38.3 Å². The number of carbonyl (C=O) groups is 1. The van der Waals surface area contributed by atoms with Crippen LogP contribution in [0.15, 0.2) is 12.3 Å². The standard InChI is InChI=1S/C9H17NO2/c1-4-7-12-9(11)5-6-10-8(2)3/h5-6,8,10H,4,7H2,1-3H3. The van der Waals surface area contributed by atoms with E-state index in [1.165, 1.54) is 6.08 Å². The van der Waals surface area contributed by atoms with Crippen LogP contribution < -0.4 is 5.32 Å². The maximum absolute atomic E-state index is 10.8. The Morgan fingerprint density at radius 1 is 1.58 bits per heavy atom. The van der Waals surface area contributed by atoms with Gasteiger partial charge in [0.25, 0.3) is 0 Å². The fourth-order valence-corrected chi connectivity index (χ4v) is 0.559. The van der Waals surface area contributed by atoms with Gasteiger partial charge in [0.15, 0.2) is 0 Å². The van der Waals surface area contributed by atoms with Crippen molar-refractivity contribution in [3.8, 4) is 0 Å². The fraction of sp³-hybridized carbons (Fsp3) is 0.667. The molecule has 0 heterocycles. The van der Waals surface area contributed by atoms with E-state index in [1.54, 1.807) is 6.20 Å². The summed E-state index contributed by atoms with van der Waals surface area (Å²) in [6.45, 7) is 6.46. The summed E-state index contributed by atoms with van der Waals surface area (Å²) >= 11 is 0. The van der Waals surface area contributed by atoms with Crippen molar-refractivity contribution in [3.05, 3.63) is 12.3 Å². The van der Waals surface area contributed by atoms with Gasteiger partial charge in [-0.25, -0.2) is 4.79 Å². The lowest BCUT2D eigenvalue weighted by Crippen LogP contribution is -2.16. The molecular weight excluding hydrogens is 154 g/mol. The molecule has 3 nitrogen and oxygen atoms in total. The van der Waals surface area contributed by atoms with Gasteiger partial charge >= 0.3 is 5.97 Å². The van der Waals surface area contributed by atoms with E-state index in [-0.39, 0.29) is 5.97 Å². The number of hydrogen-bond acceptors (Lipinski definition) is 3. The van der Waals surface area contributed by atoms with Crippen molar-refractivity contribution < 1.29 is 9.53 Å². The summed E-state index contributed by atoms with van der Waals surface area (Å²) in [4.78, 5) is 10.8. The Labute approximate surface area is 73.8 Å². The third-order valence-electron chi connectivity index (χ3n) is 1.10. The van der Waals surface area contributed by atoms with Crippen LogP contribution >= 0.6 is 0 Å². The van der Waals surface area contributed by atoms with Crippen LogP contribution in [0.25, 0.3) is 0 Å². The Morgan fingerprint density at radius 3 is 2.75 bits per heavy atom. The fourth-order valence-electron chi connectivity index (χ4n) is 0.559. The zero-order valence-electron chi connectivity index (χ0n) is 7.96. The van der Waals surface area contributed by atoms with E-state index in [2.05, 4.69) is 5.32 Å². The Morgan fingerprint density at radius 2 is 2.25 bits per heavy atom. The van der Waals surface area contributed by atoms with Crippen molar-refractivity contribution in [2.75, 3.05) is 6.61 Å². The Balaban J connectivity index is 3.47. The minimum Gasteiger partial charge on any atom is -0.463 e. The molecule has 0 unspecified atom stereocenters. The normalized spacial score (nSPS) is 10.7. The van der Waals surface area contributed by atoms with E-state index >= 15 is 0 Å². The van der Waals surface area contributed by atoms with Crippen LogP contribution in [0.4, 0.5) is 0 Å². The lowest BCUT2D eigenvalue weighted by molar-refractivity contribution is -0.137. The quantitative estimate of drug-likeness (QED) is 0.502. The number of ether oxygens (including phenoxy) is 1. The molecule has 0 amide bonds. The molecule has 0 bridgehead atoms. The maximum atomic E-state index is 10.8. The number of rotatable bonds is 5. The predicted octanol–water partition coefficient (Wildman–Crippen LogP) is 1.45. The minimum absolute atomic E-state index is 0.287. The summed E-state index contributed by atoms with van der Waals surface area (Å²) in [6, 6.07) is 0.347. The van der Waals surface area contributed by atoms with Gasteiger partial charge in [0.1, 0.15) is 0 Å². The monoisotopic (exact) mass is 171 g/mol. The van der Waals surface area contributed by atoms with Crippen LogP contribution in [0.2, 0.25) is 0 Å². The predicted molar refractivity (Wildman–Crippen MR) is 48.7 cm³/mol. The zero-order chi connectivity index (χ0) is 9.40. The minimum atomic E-state index is -0.287. The molecule has 0 aromatic carbocycles. The first-order valence-electron chi connectivity index (χ1n) is 4.26. The molecule has 1 N–H and O–H groups in total. The van der Waals surface area contributed by atoms with Gasteiger partial charge in [0, 0.05) is 18.3 Å². The van der Waals surface area contributed by atoms with Gasteiger partial charge in [-0.05, 0) is 20.3 Å². The van der Waals surface area contributed by atoms with Crippen LogP contribution in [0, 0.1) is 0 Å². The van der Waals surface area contributed by atoms with Crippen molar-refractivity contribution in [3.63, 3.8) is 0 Å². The second-order valence-electron chi connectivity index (χ2n) is 2.82. The summed E-state index contributed by atoms with van der Waals surface area (Å²) < 4.78 is 4.81. The molecular formula is C9H17NO2. The molecule has 0 aliphatic heterocycles. The Bertz CT molecular complexity index is 153. The first kappa shape index (κ1) is 11.0. The van der Waals surface area contributed by atoms with E-state index in [0.717, 1.165) is 6.42 Å². The van der Waals surface area contributed by atoms with Crippen LogP contribution in [-0.4, -0.2) is 18.6 Å². The van der Waals surface area contributed by atoms with Crippen molar-refractivity contribution in [1.82, 2.24) is 5.32 Å². The van der Waals surface area contributed by atoms with E-state index in [0.29, 0.717) is 12.6 Å². The SMILES string of the molecule is CCCOC(=O)C=CNC(C)C. The lowest BCUT2D eigenvalue weighted by Gasteiger charge is -2.02. The van der Waals surface area contributed by atoms with Crippen LogP contribution in [0.5, 0.6) is 0 Å². The number of carbonyl (C=O) groups excluding carboxylic acids is 1. The van der Waals surface area contributed by atoms with Crippen molar-refractivity contribution >= 4 is 5.97 Å². The summed E-state index contributed by atoms with van der Waals surface area (Å²) in [5, 5.41) is 2.97. The second kappa shape index (κ2) is 6.70. The Hall–Kier alpha value is -0.990. The van der Waals surface area contributed by atoms with E-state index < -0.39 is 0 Å². The van der Waals surface area contributed by atoms with Crippen LogP contribution in [0.3, 0.4) is 0 Å².